The lowest BCUT2D eigenvalue weighted by molar-refractivity contribution is 0.160. The van der Waals surface area contributed by atoms with Crippen LogP contribution in [-0.4, -0.2) is 23.0 Å². The van der Waals surface area contributed by atoms with Gasteiger partial charge in [-0.05, 0) is 28.5 Å². The van der Waals surface area contributed by atoms with Crippen molar-refractivity contribution in [3.05, 3.63) is 29.8 Å². The lowest BCUT2D eigenvalue weighted by Gasteiger charge is -2.39. The smallest absolute Gasteiger partial charge is 0.469 e. The Morgan fingerprint density at radius 3 is 1.83 bits per heavy atom. The Hall–Kier alpha value is -0.870. The van der Waals surface area contributed by atoms with Crippen LogP contribution in [0.1, 0.15) is 55.0 Å². The first-order valence-corrected chi connectivity index (χ1v) is 8.40. The van der Waals surface area contributed by atoms with Gasteiger partial charge in [0.25, 0.3) is 0 Å². The summed E-state index contributed by atoms with van der Waals surface area (Å²) in [7, 11) is -4.42. The van der Waals surface area contributed by atoms with Crippen molar-refractivity contribution in [1.29, 1.82) is 0 Å². The third-order valence-electron chi connectivity index (χ3n) is 4.06. The zero-order valence-corrected chi connectivity index (χ0v) is 14.2. The van der Waals surface area contributed by atoms with E-state index in [0.717, 1.165) is 0 Å². The van der Waals surface area contributed by atoms with E-state index in [1.54, 1.807) is 0 Å². The van der Waals surface area contributed by atoms with Gasteiger partial charge in [0.1, 0.15) is 12.4 Å². The second kappa shape index (κ2) is 8.84. The molecule has 1 aromatic carbocycles. The number of phosphoric acid groups is 1. The molecule has 2 N–H and O–H groups in total. The predicted molar refractivity (Wildman–Crippen MR) is 95.9 cm³/mol. The van der Waals surface area contributed by atoms with Gasteiger partial charge in [0.15, 0.2) is 0 Å². The van der Waals surface area contributed by atoms with Gasteiger partial charge in [0.2, 0.25) is 0 Å². The van der Waals surface area contributed by atoms with E-state index in [9.17, 15) is 4.57 Å². The molecule has 0 saturated heterocycles. The molecule has 0 aliphatic rings. The number of benzene rings is 1. The van der Waals surface area contributed by atoms with Crippen molar-refractivity contribution < 1.29 is 23.6 Å². The van der Waals surface area contributed by atoms with E-state index in [1.165, 1.54) is 5.56 Å². The van der Waals surface area contributed by atoms with Crippen LogP contribution in [-0.2, 0) is 14.5 Å². The van der Waals surface area contributed by atoms with E-state index < -0.39 is 7.82 Å². The normalized spacial score (nSPS) is 12.1. The molecule has 0 aliphatic heterocycles. The summed E-state index contributed by atoms with van der Waals surface area (Å²) in [5.41, 5.74) is 1.37. The fourth-order valence-electron chi connectivity index (χ4n) is 1.72. The van der Waals surface area contributed by atoms with Crippen molar-refractivity contribution in [3.8, 4) is 5.75 Å². The fraction of sp³-hybridized carbons (Fsp3) is 0.647. The van der Waals surface area contributed by atoms with Gasteiger partial charge >= 0.3 is 7.82 Å². The summed E-state index contributed by atoms with van der Waals surface area (Å²) in [4.78, 5) is 17.1. The monoisotopic (exact) mass is 348 g/mol. The van der Waals surface area contributed by atoms with Crippen molar-refractivity contribution in [2.45, 2.75) is 54.9 Å². The van der Waals surface area contributed by atoms with Crippen LogP contribution in [0.15, 0.2) is 24.3 Å². The summed E-state index contributed by atoms with van der Waals surface area (Å²) < 4.78 is 20.2. The topological polar surface area (TPSA) is 76.0 Å². The van der Waals surface area contributed by atoms with E-state index in [2.05, 4.69) is 39.1 Å². The highest BCUT2D eigenvalue weighted by molar-refractivity contribution is 7.46. The van der Waals surface area contributed by atoms with E-state index in [4.69, 9.17) is 14.5 Å². The number of rotatable bonds is 6. The molecular weight excluding hydrogens is 315 g/mol. The van der Waals surface area contributed by atoms with Gasteiger partial charge in [-0.25, -0.2) is 4.57 Å². The van der Waals surface area contributed by atoms with E-state index in [0.29, 0.717) is 5.75 Å². The van der Waals surface area contributed by atoms with Gasteiger partial charge in [-0.2, -0.15) is 0 Å². The first kappa shape index (κ1) is 24.4. The van der Waals surface area contributed by atoms with Gasteiger partial charge in [0, 0.05) is 0 Å². The Balaban J connectivity index is 0. The minimum atomic E-state index is -4.42. The molecule has 0 unspecified atom stereocenters. The Morgan fingerprint density at radius 1 is 0.957 bits per heavy atom. The van der Waals surface area contributed by atoms with E-state index in [-0.39, 0.29) is 38.9 Å². The summed E-state index contributed by atoms with van der Waals surface area (Å²) in [6.07, 6.45) is 0. The third kappa shape index (κ3) is 7.49. The maximum Gasteiger partial charge on any atom is 0.469 e. The van der Waals surface area contributed by atoms with Crippen LogP contribution >= 0.6 is 7.82 Å². The number of hydrogen-bond acceptors (Lipinski definition) is 3. The molecule has 5 nitrogen and oxygen atoms in total. The largest absolute Gasteiger partial charge is 0.491 e. The molecule has 136 valence electrons. The molecule has 0 bridgehead atoms. The van der Waals surface area contributed by atoms with Crippen molar-refractivity contribution in [1.82, 2.24) is 0 Å². The first-order valence-electron chi connectivity index (χ1n) is 6.87. The Bertz CT molecular complexity index is 497. The molecular formula is C17H33O5P. The highest BCUT2D eigenvalue weighted by Gasteiger charge is 2.34. The maximum absolute atomic E-state index is 10.5. The molecule has 0 amide bonds. The average molecular weight is 348 g/mol. The predicted octanol–water partition coefficient (Wildman–Crippen LogP) is 4.77. The lowest BCUT2D eigenvalue weighted by Crippen LogP contribution is -2.33. The molecule has 23 heavy (non-hydrogen) atoms. The van der Waals surface area contributed by atoms with Crippen LogP contribution in [0.2, 0.25) is 0 Å². The molecule has 1 rings (SSSR count). The molecule has 0 saturated carbocycles. The number of ether oxygens (including phenoxy) is 1. The Kier molecular flexibility index (Phi) is 9.37. The molecule has 0 spiro atoms. The van der Waals surface area contributed by atoms with Gasteiger partial charge in [-0.3, -0.25) is 4.52 Å². The fourth-order valence-corrected chi connectivity index (χ4v) is 2.03. The molecule has 0 heterocycles. The first-order chi connectivity index (χ1) is 9.43. The zero-order valence-electron chi connectivity index (χ0n) is 13.3. The van der Waals surface area contributed by atoms with Gasteiger partial charge in [0.05, 0.1) is 6.61 Å². The Labute approximate surface area is 141 Å². The molecule has 0 atom stereocenters. The minimum absolute atomic E-state index is 0. The minimum Gasteiger partial charge on any atom is -0.491 e. The van der Waals surface area contributed by atoms with Crippen LogP contribution in [0, 0.1) is 5.41 Å². The highest BCUT2D eigenvalue weighted by Crippen LogP contribution is 2.41. The molecule has 6 heteroatoms. The maximum atomic E-state index is 10.5. The average Bonchev–Trinajstić information content (AvgIpc) is 2.33. The van der Waals surface area contributed by atoms with Crippen LogP contribution in [0.5, 0.6) is 5.75 Å². The second-order valence-corrected chi connectivity index (χ2v) is 7.81. The van der Waals surface area contributed by atoms with Crippen LogP contribution in [0.25, 0.3) is 0 Å². The molecule has 0 radical (unpaired) electrons. The molecule has 0 fully saturated rings. The van der Waals surface area contributed by atoms with E-state index in [1.807, 2.05) is 24.3 Å². The summed E-state index contributed by atoms with van der Waals surface area (Å²) in [6, 6.07) is 7.76. The standard InChI is InChI=1S/C15H25O5P.2CH4/c1-14(2,3)15(4,5)12-6-8-13(9-7-12)19-10-11-20-21(16,17)18;;/h6-9H,10-11H2,1-5H3,(H2,16,17,18);2*1H4. The zero-order chi connectivity index (χ0) is 16.3. The van der Waals surface area contributed by atoms with Crippen molar-refractivity contribution in [2.24, 2.45) is 5.41 Å². The number of phosphoric ester groups is 1. The van der Waals surface area contributed by atoms with Gasteiger partial charge < -0.3 is 14.5 Å². The van der Waals surface area contributed by atoms with Crippen molar-refractivity contribution in [3.63, 3.8) is 0 Å². The molecule has 1 aromatic rings. The lowest BCUT2D eigenvalue weighted by atomic mass is 9.65. The highest BCUT2D eigenvalue weighted by atomic mass is 31.2. The van der Waals surface area contributed by atoms with Crippen LogP contribution < -0.4 is 4.74 Å². The van der Waals surface area contributed by atoms with Crippen molar-refractivity contribution >= 4 is 7.82 Å². The second-order valence-electron chi connectivity index (χ2n) is 6.57. The SMILES string of the molecule is C.C.CC(C)(C)C(C)(C)c1ccc(OCCOP(=O)(O)O)cc1. The van der Waals surface area contributed by atoms with Crippen LogP contribution in [0.4, 0.5) is 0 Å². The summed E-state index contributed by atoms with van der Waals surface area (Å²) in [5, 5.41) is 0. The summed E-state index contributed by atoms with van der Waals surface area (Å²) in [5.74, 6) is 0.651. The quantitative estimate of drug-likeness (QED) is 0.572. The van der Waals surface area contributed by atoms with Crippen molar-refractivity contribution in [2.75, 3.05) is 13.2 Å². The molecule has 0 aromatic heterocycles. The van der Waals surface area contributed by atoms with Crippen LogP contribution in [0.3, 0.4) is 0 Å². The Morgan fingerprint density at radius 2 is 1.43 bits per heavy atom. The van der Waals surface area contributed by atoms with Gasteiger partial charge in [-0.15, -0.1) is 0 Å². The molecule has 0 aliphatic carbocycles. The third-order valence-corrected chi connectivity index (χ3v) is 4.58. The van der Waals surface area contributed by atoms with E-state index >= 15 is 0 Å². The summed E-state index contributed by atoms with van der Waals surface area (Å²) >= 11 is 0. The number of hydrogen-bond donors (Lipinski definition) is 2. The summed E-state index contributed by atoms with van der Waals surface area (Å²) in [6.45, 7) is 11.0. The van der Waals surface area contributed by atoms with Gasteiger partial charge in [-0.1, -0.05) is 61.6 Å².